The number of piperidine rings is 1. The van der Waals surface area contributed by atoms with Crippen molar-refractivity contribution in [2.75, 3.05) is 18.0 Å². The molecule has 0 saturated carbocycles. The topological polar surface area (TPSA) is 29.3 Å². The van der Waals surface area contributed by atoms with Gasteiger partial charge in [-0.1, -0.05) is 35.3 Å². The number of benzene rings is 1. The van der Waals surface area contributed by atoms with Gasteiger partial charge in [0.25, 0.3) is 0 Å². The second kappa shape index (κ2) is 5.87. The average molecular weight is 297 g/mol. The molecule has 1 atom stereocenters. The van der Waals surface area contributed by atoms with Crippen LogP contribution in [-0.2, 0) is 6.54 Å². The number of hydrogen-bond donors (Lipinski definition) is 1. The van der Waals surface area contributed by atoms with E-state index in [9.17, 15) is 0 Å². The van der Waals surface area contributed by atoms with Gasteiger partial charge in [-0.3, -0.25) is 0 Å². The van der Waals surface area contributed by atoms with Gasteiger partial charge < -0.3 is 10.6 Å². The maximum absolute atomic E-state index is 5.68. The third kappa shape index (κ3) is 3.02. The summed E-state index contributed by atoms with van der Waals surface area (Å²) >= 11 is 3.60. The highest BCUT2D eigenvalue weighted by Gasteiger charge is 2.18. The van der Waals surface area contributed by atoms with Crippen molar-refractivity contribution in [1.82, 2.24) is 0 Å². The van der Waals surface area contributed by atoms with Crippen molar-refractivity contribution < 1.29 is 0 Å². The molecule has 0 aromatic heterocycles. The first-order chi connectivity index (χ1) is 8.24. The van der Waals surface area contributed by atoms with Gasteiger partial charge in [-0.05, 0) is 36.5 Å². The number of nitrogens with zero attached hydrogens (tertiary/aromatic N) is 1. The largest absolute Gasteiger partial charge is 0.371 e. The van der Waals surface area contributed by atoms with Gasteiger partial charge in [0.15, 0.2) is 0 Å². The quantitative estimate of drug-likeness (QED) is 0.924. The van der Waals surface area contributed by atoms with Gasteiger partial charge in [-0.15, -0.1) is 0 Å². The molecule has 2 nitrogen and oxygen atoms in total. The lowest BCUT2D eigenvalue weighted by Crippen LogP contribution is -2.35. The van der Waals surface area contributed by atoms with Gasteiger partial charge in [0.05, 0.1) is 0 Å². The van der Waals surface area contributed by atoms with Gasteiger partial charge in [0, 0.05) is 29.8 Å². The summed E-state index contributed by atoms with van der Waals surface area (Å²) in [7, 11) is 0. The fourth-order valence-corrected chi connectivity index (χ4v) is 3.06. The van der Waals surface area contributed by atoms with Crippen LogP contribution in [-0.4, -0.2) is 13.1 Å². The number of rotatable bonds is 3. The van der Waals surface area contributed by atoms with Crippen molar-refractivity contribution in [2.45, 2.75) is 32.7 Å². The SMILES string of the molecule is CCC1CCCN(c2ccc(CN)c(Br)c2)C1. The van der Waals surface area contributed by atoms with Crippen LogP contribution < -0.4 is 10.6 Å². The Bertz CT molecular complexity index is 378. The van der Waals surface area contributed by atoms with Crippen LogP contribution in [0.1, 0.15) is 31.7 Å². The minimum atomic E-state index is 0.596. The minimum Gasteiger partial charge on any atom is -0.371 e. The van der Waals surface area contributed by atoms with Crippen molar-refractivity contribution in [2.24, 2.45) is 11.7 Å². The molecule has 1 aromatic carbocycles. The van der Waals surface area contributed by atoms with E-state index in [2.05, 4.69) is 46.0 Å². The third-order valence-corrected chi connectivity index (χ3v) is 4.46. The van der Waals surface area contributed by atoms with E-state index in [-0.39, 0.29) is 0 Å². The maximum atomic E-state index is 5.68. The van der Waals surface area contributed by atoms with E-state index in [1.807, 2.05) is 0 Å². The molecule has 0 radical (unpaired) electrons. The molecule has 1 saturated heterocycles. The predicted octanol–water partition coefficient (Wildman–Crippen LogP) is 3.53. The van der Waals surface area contributed by atoms with Crippen LogP contribution in [0.4, 0.5) is 5.69 Å². The zero-order valence-electron chi connectivity index (χ0n) is 10.5. The molecule has 0 amide bonds. The highest BCUT2D eigenvalue weighted by atomic mass is 79.9. The van der Waals surface area contributed by atoms with E-state index in [1.54, 1.807) is 0 Å². The summed E-state index contributed by atoms with van der Waals surface area (Å²) in [5, 5.41) is 0. The second-order valence-electron chi connectivity index (χ2n) is 4.84. The summed E-state index contributed by atoms with van der Waals surface area (Å²) < 4.78 is 1.14. The minimum absolute atomic E-state index is 0.596. The first-order valence-electron chi connectivity index (χ1n) is 6.48. The Hall–Kier alpha value is -0.540. The summed E-state index contributed by atoms with van der Waals surface area (Å²) in [5.41, 5.74) is 8.18. The van der Waals surface area contributed by atoms with Gasteiger partial charge in [0.1, 0.15) is 0 Å². The fourth-order valence-electron chi connectivity index (χ4n) is 2.53. The molecule has 1 aromatic rings. The van der Waals surface area contributed by atoms with Gasteiger partial charge in [0.2, 0.25) is 0 Å². The van der Waals surface area contributed by atoms with Crippen molar-refractivity contribution in [3.63, 3.8) is 0 Å². The molecule has 3 heteroatoms. The number of nitrogens with two attached hydrogens (primary N) is 1. The lowest BCUT2D eigenvalue weighted by atomic mass is 9.95. The number of anilines is 1. The standard InChI is InChI=1S/C14H21BrN2/c1-2-11-4-3-7-17(10-11)13-6-5-12(9-16)14(15)8-13/h5-6,8,11H,2-4,7,9-10,16H2,1H3. The van der Waals surface area contributed by atoms with Crippen molar-refractivity contribution in [3.8, 4) is 0 Å². The molecule has 94 valence electrons. The summed E-state index contributed by atoms with van der Waals surface area (Å²) in [5.74, 6) is 0.858. The Morgan fingerprint density at radius 3 is 2.94 bits per heavy atom. The van der Waals surface area contributed by atoms with Crippen LogP contribution in [0.25, 0.3) is 0 Å². The first kappa shape index (κ1) is 12.9. The zero-order valence-corrected chi connectivity index (χ0v) is 12.0. The summed E-state index contributed by atoms with van der Waals surface area (Å²) in [6.07, 6.45) is 3.99. The van der Waals surface area contributed by atoms with Crippen LogP contribution in [0.2, 0.25) is 0 Å². The fraction of sp³-hybridized carbons (Fsp3) is 0.571. The van der Waals surface area contributed by atoms with Crippen molar-refractivity contribution in [3.05, 3.63) is 28.2 Å². The van der Waals surface area contributed by atoms with Crippen molar-refractivity contribution >= 4 is 21.6 Å². The Labute approximate surface area is 112 Å². The number of hydrogen-bond acceptors (Lipinski definition) is 2. The van der Waals surface area contributed by atoms with Gasteiger partial charge in [-0.2, -0.15) is 0 Å². The number of halogens is 1. The summed E-state index contributed by atoms with van der Waals surface area (Å²) in [6.45, 7) is 5.27. The molecular weight excluding hydrogens is 276 g/mol. The molecule has 0 bridgehead atoms. The van der Waals surface area contributed by atoms with E-state index in [4.69, 9.17) is 5.73 Å². The van der Waals surface area contributed by atoms with E-state index >= 15 is 0 Å². The molecule has 1 unspecified atom stereocenters. The Balaban J connectivity index is 2.13. The van der Waals surface area contributed by atoms with Crippen molar-refractivity contribution in [1.29, 1.82) is 0 Å². The molecule has 2 rings (SSSR count). The highest BCUT2D eigenvalue weighted by molar-refractivity contribution is 9.10. The lowest BCUT2D eigenvalue weighted by molar-refractivity contribution is 0.404. The van der Waals surface area contributed by atoms with Crippen LogP contribution in [0.5, 0.6) is 0 Å². The van der Waals surface area contributed by atoms with Gasteiger partial charge in [-0.25, -0.2) is 0 Å². The molecular formula is C14H21BrN2. The molecule has 1 fully saturated rings. The molecule has 0 aliphatic carbocycles. The van der Waals surface area contributed by atoms with E-state index in [1.165, 1.54) is 43.6 Å². The highest BCUT2D eigenvalue weighted by Crippen LogP contribution is 2.28. The van der Waals surface area contributed by atoms with E-state index in [0.717, 1.165) is 10.4 Å². The molecule has 2 N–H and O–H groups in total. The predicted molar refractivity (Wildman–Crippen MR) is 77.3 cm³/mol. The molecule has 1 aliphatic rings. The van der Waals surface area contributed by atoms with Crippen LogP contribution in [0, 0.1) is 5.92 Å². The lowest BCUT2D eigenvalue weighted by Gasteiger charge is -2.34. The Morgan fingerprint density at radius 2 is 2.29 bits per heavy atom. The first-order valence-corrected chi connectivity index (χ1v) is 7.27. The summed E-state index contributed by atoms with van der Waals surface area (Å²) in [6, 6.07) is 6.54. The summed E-state index contributed by atoms with van der Waals surface area (Å²) in [4.78, 5) is 2.50. The maximum Gasteiger partial charge on any atom is 0.0377 e. The van der Waals surface area contributed by atoms with Crippen LogP contribution in [0.15, 0.2) is 22.7 Å². The van der Waals surface area contributed by atoms with Crippen LogP contribution >= 0.6 is 15.9 Å². The third-order valence-electron chi connectivity index (χ3n) is 3.72. The molecule has 1 heterocycles. The van der Waals surface area contributed by atoms with Crippen LogP contribution in [0.3, 0.4) is 0 Å². The monoisotopic (exact) mass is 296 g/mol. The molecule has 17 heavy (non-hydrogen) atoms. The normalized spacial score (nSPS) is 20.6. The van der Waals surface area contributed by atoms with Gasteiger partial charge >= 0.3 is 0 Å². The molecule has 1 aliphatic heterocycles. The Morgan fingerprint density at radius 1 is 1.47 bits per heavy atom. The zero-order chi connectivity index (χ0) is 12.3. The van der Waals surface area contributed by atoms with E-state index < -0.39 is 0 Å². The smallest absolute Gasteiger partial charge is 0.0377 e. The Kier molecular flexibility index (Phi) is 4.46. The average Bonchev–Trinajstić information content (AvgIpc) is 2.38. The second-order valence-corrected chi connectivity index (χ2v) is 5.70. The molecule has 0 spiro atoms. The van der Waals surface area contributed by atoms with E-state index in [0.29, 0.717) is 6.54 Å².